The molecule has 7 heteroatoms. The molecule has 0 radical (unpaired) electrons. The van der Waals surface area contributed by atoms with Crippen molar-refractivity contribution in [1.82, 2.24) is 9.55 Å². The molecule has 4 rings (SSSR count). The van der Waals surface area contributed by atoms with Crippen molar-refractivity contribution in [2.45, 2.75) is 20.4 Å². The minimum atomic E-state index is -0.308. The molecule has 0 atom stereocenters. The Morgan fingerprint density at radius 3 is 2.80 bits per heavy atom. The number of aromatic nitrogens is 2. The van der Waals surface area contributed by atoms with Crippen molar-refractivity contribution in [2.24, 2.45) is 0 Å². The summed E-state index contributed by atoms with van der Waals surface area (Å²) in [5, 5.41) is 3.33. The summed E-state index contributed by atoms with van der Waals surface area (Å²) in [7, 11) is 0. The highest BCUT2D eigenvalue weighted by Crippen LogP contribution is 2.29. The van der Waals surface area contributed by atoms with Crippen LogP contribution in [0.3, 0.4) is 0 Å². The Morgan fingerprint density at radius 1 is 1.17 bits per heavy atom. The molecule has 0 aliphatic carbocycles. The van der Waals surface area contributed by atoms with Gasteiger partial charge in [0.2, 0.25) is 0 Å². The maximum Gasteiger partial charge on any atom is 0.258 e. The maximum absolute atomic E-state index is 12.8. The number of fused-ring (bicyclic) bond motifs is 1. The molecule has 4 aromatic rings. The van der Waals surface area contributed by atoms with Crippen LogP contribution in [0, 0.1) is 6.92 Å². The van der Waals surface area contributed by atoms with Gasteiger partial charge in [0.25, 0.3) is 11.5 Å². The lowest BCUT2D eigenvalue weighted by Gasteiger charge is -2.10. The highest BCUT2D eigenvalue weighted by atomic mass is 32.1. The summed E-state index contributed by atoms with van der Waals surface area (Å²) in [6.07, 6.45) is 1.59. The van der Waals surface area contributed by atoms with Gasteiger partial charge in [0.1, 0.15) is 5.75 Å². The molecule has 2 aromatic carbocycles. The third kappa shape index (κ3) is 4.26. The molecular formula is C23H21N3O3S. The first-order valence-electron chi connectivity index (χ1n) is 9.63. The molecule has 30 heavy (non-hydrogen) atoms. The number of thiazole rings is 1. The third-order valence-electron chi connectivity index (χ3n) is 4.74. The van der Waals surface area contributed by atoms with Crippen molar-refractivity contribution in [2.75, 3.05) is 11.9 Å². The van der Waals surface area contributed by atoms with E-state index in [2.05, 4.69) is 10.3 Å². The van der Waals surface area contributed by atoms with Crippen molar-refractivity contribution in [3.05, 3.63) is 87.8 Å². The molecule has 0 saturated carbocycles. The van der Waals surface area contributed by atoms with E-state index in [1.165, 1.54) is 23.5 Å². The first kappa shape index (κ1) is 19.8. The first-order chi connectivity index (χ1) is 14.5. The monoisotopic (exact) mass is 419 g/mol. The van der Waals surface area contributed by atoms with Gasteiger partial charge in [0.15, 0.2) is 5.13 Å². The van der Waals surface area contributed by atoms with Gasteiger partial charge in [-0.3, -0.25) is 14.9 Å². The number of nitrogens with one attached hydrogen (secondary N) is 1. The Labute approximate surface area is 177 Å². The van der Waals surface area contributed by atoms with Crippen LogP contribution in [0.5, 0.6) is 5.75 Å². The van der Waals surface area contributed by atoms with E-state index in [0.717, 1.165) is 27.1 Å². The number of nitrogens with zero attached hydrogens (tertiary/aromatic N) is 2. The van der Waals surface area contributed by atoms with E-state index in [1.807, 2.05) is 56.3 Å². The van der Waals surface area contributed by atoms with Crippen molar-refractivity contribution < 1.29 is 9.53 Å². The summed E-state index contributed by atoms with van der Waals surface area (Å²) in [5.74, 6) is 0.465. The molecule has 1 amide bonds. The summed E-state index contributed by atoms with van der Waals surface area (Å²) in [5.41, 5.74) is 3.17. The Bertz CT molecular complexity index is 1280. The second kappa shape index (κ2) is 8.51. The van der Waals surface area contributed by atoms with Gasteiger partial charge in [-0.05, 0) is 49.2 Å². The average molecular weight is 420 g/mol. The number of amides is 1. The zero-order chi connectivity index (χ0) is 21.1. The number of pyridine rings is 1. The Kier molecular flexibility index (Phi) is 5.63. The average Bonchev–Trinajstić information content (AvgIpc) is 3.13. The molecular weight excluding hydrogens is 398 g/mol. The van der Waals surface area contributed by atoms with Crippen molar-refractivity contribution >= 4 is 32.6 Å². The highest BCUT2D eigenvalue weighted by Gasteiger charge is 2.12. The van der Waals surface area contributed by atoms with Crippen LogP contribution in [0.2, 0.25) is 0 Å². The standard InChI is InChI=1S/C23H21N3O3S/c1-3-29-18-9-10-19-20(12-18)30-23(24-19)25-22(28)17-8-11-21(27)26(14-17)13-16-7-5-4-6-15(16)2/h4-12,14H,3,13H2,1-2H3,(H,24,25,28). The predicted octanol–water partition coefficient (Wildman–Crippen LogP) is 4.47. The zero-order valence-corrected chi connectivity index (χ0v) is 17.5. The summed E-state index contributed by atoms with van der Waals surface area (Å²) >= 11 is 1.38. The molecule has 0 aliphatic rings. The van der Waals surface area contributed by atoms with Gasteiger partial charge in [-0.25, -0.2) is 4.98 Å². The van der Waals surface area contributed by atoms with E-state index in [9.17, 15) is 9.59 Å². The van der Waals surface area contributed by atoms with Gasteiger partial charge in [0.05, 0.1) is 28.9 Å². The van der Waals surface area contributed by atoms with Crippen LogP contribution in [0.25, 0.3) is 10.2 Å². The van der Waals surface area contributed by atoms with Crippen LogP contribution in [-0.2, 0) is 6.54 Å². The number of hydrogen-bond donors (Lipinski definition) is 1. The summed E-state index contributed by atoms with van der Waals surface area (Å²) in [6.45, 7) is 4.93. The van der Waals surface area contributed by atoms with Crippen LogP contribution in [0.1, 0.15) is 28.4 Å². The summed E-state index contributed by atoms with van der Waals surface area (Å²) in [4.78, 5) is 29.5. The van der Waals surface area contributed by atoms with E-state index in [0.29, 0.717) is 23.8 Å². The molecule has 2 heterocycles. The van der Waals surface area contributed by atoms with E-state index in [4.69, 9.17) is 4.74 Å². The number of aryl methyl sites for hydroxylation is 1. The minimum absolute atomic E-state index is 0.154. The second-order valence-corrected chi connectivity index (χ2v) is 7.88. The van der Waals surface area contributed by atoms with Crippen LogP contribution in [0.15, 0.2) is 65.6 Å². The van der Waals surface area contributed by atoms with Gasteiger partial charge in [-0.15, -0.1) is 0 Å². The van der Waals surface area contributed by atoms with Crippen LogP contribution < -0.4 is 15.6 Å². The highest BCUT2D eigenvalue weighted by molar-refractivity contribution is 7.22. The fraction of sp³-hybridized carbons (Fsp3) is 0.174. The van der Waals surface area contributed by atoms with Gasteiger partial charge >= 0.3 is 0 Å². The lowest BCUT2D eigenvalue weighted by molar-refractivity contribution is 0.102. The van der Waals surface area contributed by atoms with Crippen LogP contribution in [0.4, 0.5) is 5.13 Å². The fourth-order valence-electron chi connectivity index (χ4n) is 3.14. The topological polar surface area (TPSA) is 73.2 Å². The minimum Gasteiger partial charge on any atom is -0.494 e. The number of ether oxygens (including phenoxy) is 1. The van der Waals surface area contributed by atoms with E-state index in [-0.39, 0.29) is 11.5 Å². The van der Waals surface area contributed by atoms with Crippen LogP contribution in [-0.4, -0.2) is 22.1 Å². The van der Waals surface area contributed by atoms with Crippen molar-refractivity contribution in [1.29, 1.82) is 0 Å². The summed E-state index contributed by atoms with van der Waals surface area (Å²) < 4.78 is 7.99. The number of anilines is 1. The summed E-state index contributed by atoms with van der Waals surface area (Å²) in [6, 6.07) is 16.5. The molecule has 0 unspecified atom stereocenters. The van der Waals surface area contributed by atoms with Crippen LogP contribution >= 0.6 is 11.3 Å². The Morgan fingerprint density at radius 2 is 2.00 bits per heavy atom. The molecule has 0 spiro atoms. The predicted molar refractivity (Wildman–Crippen MR) is 120 cm³/mol. The molecule has 0 aliphatic heterocycles. The van der Waals surface area contributed by atoms with Gasteiger partial charge < -0.3 is 9.30 Å². The third-order valence-corrected chi connectivity index (χ3v) is 5.67. The fourth-order valence-corrected chi connectivity index (χ4v) is 4.03. The molecule has 0 saturated heterocycles. The number of carbonyl (C=O) groups excluding carboxylic acids is 1. The Hall–Kier alpha value is -3.45. The number of benzene rings is 2. The quantitative estimate of drug-likeness (QED) is 0.501. The largest absolute Gasteiger partial charge is 0.494 e. The number of carbonyl (C=O) groups is 1. The maximum atomic E-state index is 12.8. The van der Waals surface area contributed by atoms with Gasteiger partial charge in [0, 0.05) is 12.3 Å². The number of hydrogen-bond acceptors (Lipinski definition) is 5. The molecule has 1 N–H and O–H groups in total. The smallest absolute Gasteiger partial charge is 0.258 e. The molecule has 152 valence electrons. The van der Waals surface area contributed by atoms with Crippen molar-refractivity contribution in [3.8, 4) is 5.75 Å². The lowest BCUT2D eigenvalue weighted by atomic mass is 10.1. The van der Waals surface area contributed by atoms with Gasteiger partial charge in [-0.2, -0.15) is 0 Å². The van der Waals surface area contributed by atoms with E-state index < -0.39 is 0 Å². The zero-order valence-electron chi connectivity index (χ0n) is 16.7. The Balaban J connectivity index is 1.55. The molecule has 0 bridgehead atoms. The first-order valence-corrected chi connectivity index (χ1v) is 10.4. The van der Waals surface area contributed by atoms with Gasteiger partial charge in [-0.1, -0.05) is 35.6 Å². The normalized spacial score (nSPS) is 10.9. The lowest BCUT2D eigenvalue weighted by Crippen LogP contribution is -2.22. The van der Waals surface area contributed by atoms with E-state index in [1.54, 1.807) is 10.8 Å². The number of rotatable bonds is 6. The molecule has 0 fully saturated rings. The molecule has 6 nitrogen and oxygen atoms in total. The SMILES string of the molecule is CCOc1ccc2nc(NC(=O)c3ccc(=O)n(Cc4ccccc4C)c3)sc2c1. The van der Waals surface area contributed by atoms with E-state index >= 15 is 0 Å². The van der Waals surface area contributed by atoms with Crippen molar-refractivity contribution in [3.63, 3.8) is 0 Å². The second-order valence-electron chi connectivity index (χ2n) is 6.85. The molecule has 2 aromatic heterocycles.